The molecule has 0 aromatic heterocycles. The van der Waals surface area contributed by atoms with Crippen molar-refractivity contribution in [3.05, 3.63) is 34.3 Å². The Labute approximate surface area is 92.3 Å². The molecule has 0 amide bonds. The summed E-state index contributed by atoms with van der Waals surface area (Å²) in [5.41, 5.74) is 5.65. The number of nitrogens with two attached hydrogens (primary N) is 1. The van der Waals surface area contributed by atoms with Gasteiger partial charge in [0.1, 0.15) is 5.54 Å². The zero-order valence-corrected chi connectivity index (χ0v) is 9.52. The summed E-state index contributed by atoms with van der Waals surface area (Å²) in [4.78, 5) is 0. The molecule has 1 aromatic rings. The second kappa shape index (κ2) is 4.61. The van der Waals surface area contributed by atoms with Crippen LogP contribution in [0, 0.1) is 11.3 Å². The van der Waals surface area contributed by atoms with Gasteiger partial charge in [-0.1, -0.05) is 28.1 Å². The zero-order valence-electron chi connectivity index (χ0n) is 7.12. The molecule has 0 bridgehead atoms. The van der Waals surface area contributed by atoms with E-state index in [0.717, 1.165) is 10.0 Å². The lowest BCUT2D eigenvalue weighted by Crippen LogP contribution is -2.30. The van der Waals surface area contributed by atoms with Gasteiger partial charge in [-0.25, -0.2) is 0 Å². The van der Waals surface area contributed by atoms with Crippen molar-refractivity contribution in [3.8, 4) is 6.07 Å². The van der Waals surface area contributed by atoms with E-state index in [2.05, 4.69) is 15.9 Å². The highest BCUT2D eigenvalue weighted by Gasteiger charge is 2.19. The predicted molar refractivity (Wildman–Crippen MR) is 58.5 cm³/mol. The van der Waals surface area contributed by atoms with Crippen molar-refractivity contribution in [1.82, 2.24) is 0 Å². The molecule has 0 aliphatic rings. The lowest BCUT2D eigenvalue weighted by Gasteiger charge is -2.15. The molecule has 0 aliphatic carbocycles. The molecule has 0 heterocycles. The summed E-state index contributed by atoms with van der Waals surface area (Å²) in [5, 5.41) is 8.73. The van der Waals surface area contributed by atoms with Gasteiger partial charge in [0.2, 0.25) is 0 Å². The fourth-order valence-corrected chi connectivity index (χ4v) is 1.12. The Morgan fingerprint density at radius 3 is 2.23 bits per heavy atom. The molecule has 0 saturated carbocycles. The van der Waals surface area contributed by atoms with Gasteiger partial charge >= 0.3 is 0 Å². The third-order valence-corrected chi connectivity index (χ3v) is 2.20. The smallest absolute Gasteiger partial charge is 0.126 e. The molecular weight excluding hydrogens is 251 g/mol. The second-order valence-electron chi connectivity index (χ2n) is 2.82. The van der Waals surface area contributed by atoms with E-state index in [4.69, 9.17) is 11.0 Å². The van der Waals surface area contributed by atoms with Gasteiger partial charge in [0.15, 0.2) is 0 Å². The van der Waals surface area contributed by atoms with Gasteiger partial charge in [-0.2, -0.15) is 5.26 Å². The molecule has 0 spiro atoms. The summed E-state index contributed by atoms with van der Waals surface area (Å²) >= 11 is 3.31. The van der Waals surface area contributed by atoms with Crippen molar-refractivity contribution < 1.29 is 0 Å². The Balaban J connectivity index is 0.00000144. The van der Waals surface area contributed by atoms with Crippen molar-refractivity contribution in [2.75, 3.05) is 0 Å². The van der Waals surface area contributed by atoms with Gasteiger partial charge in [0, 0.05) is 4.47 Å². The molecular formula is C9H10BrClN2. The van der Waals surface area contributed by atoms with Gasteiger partial charge in [-0.3, -0.25) is 0 Å². The highest BCUT2D eigenvalue weighted by atomic mass is 79.9. The van der Waals surface area contributed by atoms with E-state index in [0.29, 0.717) is 0 Å². The zero-order chi connectivity index (χ0) is 9.19. The first kappa shape index (κ1) is 12.4. The van der Waals surface area contributed by atoms with Crippen LogP contribution in [0.1, 0.15) is 12.5 Å². The molecule has 2 N–H and O–H groups in total. The summed E-state index contributed by atoms with van der Waals surface area (Å²) in [6.45, 7) is 1.69. The van der Waals surface area contributed by atoms with Crippen LogP contribution >= 0.6 is 28.3 Å². The van der Waals surface area contributed by atoms with Crippen LogP contribution in [-0.2, 0) is 5.54 Å². The normalized spacial score (nSPS) is 13.7. The standard InChI is InChI=1S/C9H9BrN2.ClH/c1-9(12,6-11)7-2-4-8(10)5-3-7;/h2-5H,12H2,1H3;1H. The maximum Gasteiger partial charge on any atom is 0.126 e. The number of halogens is 2. The number of hydrogen-bond acceptors (Lipinski definition) is 2. The number of benzene rings is 1. The average molecular weight is 262 g/mol. The number of hydrogen-bond donors (Lipinski definition) is 1. The molecule has 1 rings (SSSR count). The molecule has 70 valence electrons. The molecule has 1 unspecified atom stereocenters. The van der Waals surface area contributed by atoms with Crippen molar-refractivity contribution in [2.24, 2.45) is 5.73 Å². The first-order valence-electron chi connectivity index (χ1n) is 3.52. The van der Waals surface area contributed by atoms with Gasteiger partial charge in [0.25, 0.3) is 0 Å². The summed E-state index contributed by atoms with van der Waals surface area (Å²) in [6, 6.07) is 9.47. The van der Waals surface area contributed by atoms with E-state index in [1.54, 1.807) is 6.92 Å². The fourth-order valence-electron chi connectivity index (χ4n) is 0.861. The highest BCUT2D eigenvalue weighted by Crippen LogP contribution is 2.19. The minimum absolute atomic E-state index is 0. The van der Waals surface area contributed by atoms with Gasteiger partial charge in [0.05, 0.1) is 6.07 Å². The van der Waals surface area contributed by atoms with Crippen LogP contribution in [0.5, 0.6) is 0 Å². The molecule has 2 nitrogen and oxygen atoms in total. The SMILES string of the molecule is CC(N)(C#N)c1ccc(Br)cc1.Cl. The Bertz CT molecular complexity index is 313. The molecule has 0 radical (unpaired) electrons. The molecule has 4 heteroatoms. The van der Waals surface area contributed by atoms with Crippen LogP contribution < -0.4 is 5.73 Å². The fraction of sp³-hybridized carbons (Fsp3) is 0.222. The molecule has 1 atom stereocenters. The molecule has 0 fully saturated rings. The van der Waals surface area contributed by atoms with Crippen LogP contribution in [0.4, 0.5) is 0 Å². The van der Waals surface area contributed by atoms with E-state index in [1.165, 1.54) is 0 Å². The molecule has 1 aromatic carbocycles. The van der Waals surface area contributed by atoms with E-state index in [9.17, 15) is 0 Å². The van der Waals surface area contributed by atoms with E-state index < -0.39 is 5.54 Å². The van der Waals surface area contributed by atoms with Crippen molar-refractivity contribution in [2.45, 2.75) is 12.5 Å². The third kappa shape index (κ3) is 3.00. The average Bonchev–Trinajstić information content (AvgIpc) is 2.05. The van der Waals surface area contributed by atoms with Crippen molar-refractivity contribution >= 4 is 28.3 Å². The third-order valence-electron chi connectivity index (χ3n) is 1.68. The van der Waals surface area contributed by atoms with Crippen molar-refractivity contribution in [3.63, 3.8) is 0 Å². The van der Waals surface area contributed by atoms with Gasteiger partial charge in [-0.15, -0.1) is 12.4 Å². The predicted octanol–water partition coefficient (Wildman–Crippen LogP) is 2.57. The summed E-state index contributed by atoms with van der Waals surface area (Å²) in [5.74, 6) is 0. The maximum atomic E-state index is 8.73. The van der Waals surface area contributed by atoms with Crippen LogP contribution in [0.15, 0.2) is 28.7 Å². The number of nitrogens with zero attached hydrogens (tertiary/aromatic N) is 1. The Morgan fingerprint density at radius 1 is 1.38 bits per heavy atom. The lowest BCUT2D eigenvalue weighted by atomic mass is 9.95. The monoisotopic (exact) mass is 260 g/mol. The van der Waals surface area contributed by atoms with Crippen LogP contribution in [0.25, 0.3) is 0 Å². The molecule has 0 saturated heterocycles. The minimum Gasteiger partial charge on any atom is -0.310 e. The van der Waals surface area contributed by atoms with Gasteiger partial charge in [-0.05, 0) is 24.6 Å². The lowest BCUT2D eigenvalue weighted by molar-refractivity contribution is 0.646. The first-order chi connectivity index (χ1) is 5.56. The maximum absolute atomic E-state index is 8.73. The van der Waals surface area contributed by atoms with Crippen LogP contribution in [0.2, 0.25) is 0 Å². The Morgan fingerprint density at radius 2 is 1.85 bits per heavy atom. The summed E-state index contributed by atoms with van der Waals surface area (Å²) in [7, 11) is 0. The van der Waals surface area contributed by atoms with E-state index >= 15 is 0 Å². The summed E-state index contributed by atoms with van der Waals surface area (Å²) < 4.78 is 0.986. The minimum atomic E-state index is -0.888. The largest absolute Gasteiger partial charge is 0.310 e. The molecule has 0 aliphatic heterocycles. The highest BCUT2D eigenvalue weighted by molar-refractivity contribution is 9.10. The first-order valence-corrected chi connectivity index (χ1v) is 4.32. The van der Waals surface area contributed by atoms with Crippen LogP contribution in [0.3, 0.4) is 0 Å². The Hall–Kier alpha value is -0.560. The van der Waals surface area contributed by atoms with E-state index in [-0.39, 0.29) is 12.4 Å². The number of rotatable bonds is 1. The second-order valence-corrected chi connectivity index (χ2v) is 3.74. The number of nitriles is 1. The topological polar surface area (TPSA) is 49.8 Å². The quantitative estimate of drug-likeness (QED) is 0.845. The van der Waals surface area contributed by atoms with Crippen molar-refractivity contribution in [1.29, 1.82) is 5.26 Å². The van der Waals surface area contributed by atoms with Gasteiger partial charge < -0.3 is 5.73 Å². The Kier molecular flexibility index (Phi) is 4.41. The summed E-state index contributed by atoms with van der Waals surface area (Å²) in [6.07, 6.45) is 0. The molecule has 13 heavy (non-hydrogen) atoms. The van der Waals surface area contributed by atoms with Crippen LogP contribution in [-0.4, -0.2) is 0 Å². The van der Waals surface area contributed by atoms with E-state index in [1.807, 2.05) is 30.3 Å².